The molecule has 10 nitrogen and oxygen atoms in total. The molecule has 0 aromatic heterocycles. The standard InChI is InChI=1S/C24H25F3N4O6S/c1-14-5-6-16(11-28)9-21(14)38(34,35)31-13-18(12-29-15(2)32)36-20-8-7-17(10-19(20)31)30-22(33)37-23(3,4)24(25,26)27/h5-10,18H,12-13H2,1-4H3,(H,29,32)(H,30,33)/t18-/m0/s1. The monoisotopic (exact) mass is 554 g/mol. The van der Waals surface area contributed by atoms with Crippen LogP contribution in [0.3, 0.4) is 0 Å². The Morgan fingerprint density at radius 2 is 1.89 bits per heavy atom. The minimum atomic E-state index is -4.82. The SMILES string of the molecule is CC(=O)NC[C@H]1CN(S(=O)(=O)c2cc(C#N)ccc2C)c2cc(NC(=O)OC(C)(C)C(F)(F)F)ccc2O1. The fraction of sp³-hybridized carbons (Fsp3) is 0.375. The Kier molecular flexibility index (Phi) is 7.83. The van der Waals surface area contributed by atoms with E-state index >= 15 is 0 Å². The van der Waals surface area contributed by atoms with Gasteiger partial charge in [0.25, 0.3) is 10.0 Å². The third kappa shape index (κ3) is 6.10. The van der Waals surface area contributed by atoms with Crippen molar-refractivity contribution in [3.63, 3.8) is 0 Å². The second-order valence-electron chi connectivity index (χ2n) is 9.01. The third-order valence-corrected chi connectivity index (χ3v) is 7.55. The number of carbonyl (C=O) groups excluding carboxylic acids is 2. The number of nitrogens with one attached hydrogen (secondary N) is 2. The number of hydrogen-bond donors (Lipinski definition) is 2. The summed E-state index contributed by atoms with van der Waals surface area (Å²) in [4.78, 5) is 23.4. The highest BCUT2D eigenvalue weighted by atomic mass is 32.2. The molecule has 0 spiro atoms. The van der Waals surface area contributed by atoms with Crippen LogP contribution in [-0.4, -0.2) is 51.4 Å². The van der Waals surface area contributed by atoms with Gasteiger partial charge in [0.05, 0.1) is 35.3 Å². The van der Waals surface area contributed by atoms with Gasteiger partial charge in [0, 0.05) is 12.6 Å². The summed E-state index contributed by atoms with van der Waals surface area (Å²) in [6, 6.07) is 9.92. The number of hydrogen-bond acceptors (Lipinski definition) is 7. The van der Waals surface area contributed by atoms with E-state index in [1.807, 2.05) is 6.07 Å². The van der Waals surface area contributed by atoms with Gasteiger partial charge in [-0.25, -0.2) is 13.2 Å². The Hall–Kier alpha value is -3.99. The number of nitriles is 1. The van der Waals surface area contributed by atoms with Gasteiger partial charge in [-0.3, -0.25) is 14.4 Å². The Morgan fingerprint density at radius 3 is 2.50 bits per heavy atom. The molecule has 1 atom stereocenters. The maximum atomic E-state index is 13.8. The molecule has 14 heteroatoms. The molecule has 0 unspecified atom stereocenters. The molecular weight excluding hydrogens is 529 g/mol. The molecule has 3 rings (SSSR count). The normalized spacial score (nSPS) is 15.5. The lowest BCUT2D eigenvalue weighted by atomic mass is 10.1. The quantitative estimate of drug-likeness (QED) is 0.553. The van der Waals surface area contributed by atoms with Crippen LogP contribution in [0.1, 0.15) is 31.9 Å². The highest BCUT2D eigenvalue weighted by molar-refractivity contribution is 7.93. The smallest absolute Gasteiger partial charge is 0.427 e. The lowest BCUT2D eigenvalue weighted by molar-refractivity contribution is -0.242. The van der Waals surface area contributed by atoms with E-state index in [0.29, 0.717) is 19.4 Å². The van der Waals surface area contributed by atoms with Gasteiger partial charge in [0.1, 0.15) is 11.9 Å². The maximum absolute atomic E-state index is 13.8. The first kappa shape index (κ1) is 28.6. The van der Waals surface area contributed by atoms with Crippen LogP contribution in [0.15, 0.2) is 41.3 Å². The number of carbonyl (C=O) groups is 2. The molecule has 0 radical (unpaired) electrons. The first-order valence-corrected chi connectivity index (χ1v) is 12.6. The first-order chi connectivity index (χ1) is 17.5. The molecule has 2 N–H and O–H groups in total. The molecule has 0 bridgehead atoms. The molecule has 1 heterocycles. The van der Waals surface area contributed by atoms with Crippen molar-refractivity contribution in [3.05, 3.63) is 47.5 Å². The molecule has 0 aliphatic carbocycles. The van der Waals surface area contributed by atoms with Crippen molar-refractivity contribution in [2.75, 3.05) is 22.7 Å². The van der Waals surface area contributed by atoms with E-state index in [0.717, 1.165) is 4.31 Å². The average molecular weight is 555 g/mol. The Bertz CT molecular complexity index is 1400. The molecule has 38 heavy (non-hydrogen) atoms. The predicted octanol–water partition coefficient (Wildman–Crippen LogP) is 3.85. The van der Waals surface area contributed by atoms with Crippen LogP contribution >= 0.6 is 0 Å². The summed E-state index contributed by atoms with van der Waals surface area (Å²) in [7, 11) is -4.31. The van der Waals surface area contributed by atoms with Crippen molar-refractivity contribution in [1.29, 1.82) is 5.26 Å². The second-order valence-corrected chi connectivity index (χ2v) is 10.8. The summed E-state index contributed by atoms with van der Waals surface area (Å²) in [6.07, 6.45) is -7.02. The predicted molar refractivity (Wildman–Crippen MR) is 130 cm³/mol. The van der Waals surface area contributed by atoms with Gasteiger partial charge in [0.2, 0.25) is 11.5 Å². The molecule has 0 fully saturated rings. The number of anilines is 2. The van der Waals surface area contributed by atoms with Crippen molar-refractivity contribution in [2.24, 2.45) is 0 Å². The fourth-order valence-electron chi connectivity index (χ4n) is 3.48. The van der Waals surface area contributed by atoms with Crippen molar-refractivity contribution in [1.82, 2.24) is 5.32 Å². The summed E-state index contributed by atoms with van der Waals surface area (Å²) in [5.74, 6) is -0.273. The van der Waals surface area contributed by atoms with Crippen molar-refractivity contribution in [2.45, 2.75) is 50.5 Å². The lowest BCUT2D eigenvalue weighted by Crippen LogP contribution is -2.48. The number of benzene rings is 2. The number of aryl methyl sites for hydroxylation is 1. The van der Waals surface area contributed by atoms with Gasteiger partial charge in [-0.05, 0) is 56.7 Å². The number of ether oxygens (including phenoxy) is 2. The molecule has 1 aliphatic rings. The molecule has 2 amide bonds. The molecule has 0 saturated heterocycles. The van der Waals surface area contributed by atoms with Crippen molar-refractivity contribution in [3.8, 4) is 11.8 Å². The van der Waals surface area contributed by atoms with Gasteiger partial charge in [-0.2, -0.15) is 18.4 Å². The lowest BCUT2D eigenvalue weighted by Gasteiger charge is -2.36. The minimum Gasteiger partial charge on any atom is -0.484 e. The summed E-state index contributed by atoms with van der Waals surface area (Å²) >= 11 is 0. The van der Waals surface area contributed by atoms with Gasteiger partial charge in [-0.1, -0.05) is 6.07 Å². The molecule has 1 aliphatic heterocycles. The fourth-order valence-corrected chi connectivity index (χ4v) is 5.23. The van der Waals surface area contributed by atoms with E-state index < -0.39 is 34.0 Å². The Morgan fingerprint density at radius 1 is 1.21 bits per heavy atom. The second kappa shape index (κ2) is 10.4. The molecular formula is C24H25F3N4O6S. The van der Waals surface area contributed by atoms with E-state index in [1.54, 1.807) is 6.92 Å². The first-order valence-electron chi connectivity index (χ1n) is 11.2. The number of nitrogens with zero attached hydrogens (tertiary/aromatic N) is 2. The van der Waals surface area contributed by atoms with Gasteiger partial charge < -0.3 is 14.8 Å². The largest absolute Gasteiger partial charge is 0.484 e. The van der Waals surface area contributed by atoms with Crippen LogP contribution in [-0.2, 0) is 19.6 Å². The zero-order valence-corrected chi connectivity index (χ0v) is 21.7. The summed E-state index contributed by atoms with van der Waals surface area (Å²) in [5.41, 5.74) is -2.37. The van der Waals surface area contributed by atoms with E-state index in [9.17, 15) is 36.4 Å². The third-order valence-electron chi connectivity index (χ3n) is 5.63. The summed E-state index contributed by atoms with van der Waals surface area (Å²) in [6.45, 7) is 3.96. The topological polar surface area (TPSA) is 138 Å². The van der Waals surface area contributed by atoms with Crippen LogP contribution in [0.5, 0.6) is 5.75 Å². The number of sulfonamides is 1. The molecule has 0 saturated carbocycles. The van der Waals surface area contributed by atoms with E-state index in [-0.39, 0.29) is 46.6 Å². The van der Waals surface area contributed by atoms with Crippen molar-refractivity contribution < 1.29 is 40.7 Å². The van der Waals surface area contributed by atoms with E-state index in [1.165, 1.54) is 43.3 Å². The van der Waals surface area contributed by atoms with Crippen LogP contribution in [0.25, 0.3) is 0 Å². The number of alkyl halides is 3. The maximum Gasteiger partial charge on any atom is 0.427 e. The average Bonchev–Trinajstić information content (AvgIpc) is 2.81. The number of amides is 2. The van der Waals surface area contributed by atoms with E-state index in [4.69, 9.17) is 4.74 Å². The Labute approximate surface area is 217 Å². The highest BCUT2D eigenvalue weighted by Gasteiger charge is 2.51. The summed E-state index contributed by atoms with van der Waals surface area (Å²) in [5, 5.41) is 14.0. The van der Waals surface area contributed by atoms with Crippen LogP contribution in [0.2, 0.25) is 0 Å². The van der Waals surface area contributed by atoms with Gasteiger partial charge in [0.15, 0.2) is 0 Å². The molecule has 2 aromatic carbocycles. The van der Waals surface area contributed by atoms with Gasteiger partial charge >= 0.3 is 12.3 Å². The Balaban J connectivity index is 2.02. The number of rotatable bonds is 6. The number of halogens is 3. The zero-order chi connectivity index (χ0) is 28.5. The van der Waals surface area contributed by atoms with E-state index in [2.05, 4.69) is 15.4 Å². The number of fused-ring (bicyclic) bond motifs is 1. The highest BCUT2D eigenvalue weighted by Crippen LogP contribution is 2.40. The van der Waals surface area contributed by atoms with Crippen molar-refractivity contribution >= 4 is 33.4 Å². The van der Waals surface area contributed by atoms with Gasteiger partial charge in [-0.15, -0.1) is 0 Å². The zero-order valence-electron chi connectivity index (χ0n) is 20.8. The molecule has 2 aromatic rings. The molecule has 204 valence electrons. The van der Waals surface area contributed by atoms with Crippen LogP contribution in [0.4, 0.5) is 29.3 Å². The van der Waals surface area contributed by atoms with Crippen LogP contribution < -0.4 is 19.7 Å². The minimum absolute atomic E-state index is 0.0151. The summed E-state index contributed by atoms with van der Waals surface area (Å²) < 4.78 is 78.2. The van der Waals surface area contributed by atoms with Crippen LogP contribution in [0, 0.1) is 18.3 Å².